The van der Waals surface area contributed by atoms with Gasteiger partial charge in [0.05, 0.1) is 23.4 Å². The Morgan fingerprint density at radius 3 is 2.57 bits per heavy atom. The lowest BCUT2D eigenvalue weighted by molar-refractivity contribution is -0.116. The standard InChI is InChI=1S/C22H20N4O3S/c1-13-18-14(2)23-20(16-10-7-11-29-16)25-21(18)30-19(13)22(28)26(3)12-17(27)24-15-8-5-4-6-9-15/h4-11H,12H2,1-3H3,(H,24,27). The van der Waals surface area contributed by atoms with Crippen LogP contribution in [0.5, 0.6) is 0 Å². The molecule has 7 nitrogen and oxygen atoms in total. The SMILES string of the molecule is Cc1nc(-c2ccco2)nc2sc(C(=O)N(C)CC(=O)Nc3ccccc3)c(C)c12. The summed E-state index contributed by atoms with van der Waals surface area (Å²) in [6.07, 6.45) is 1.57. The average Bonchev–Trinajstić information content (AvgIpc) is 3.36. The number of nitrogens with zero attached hydrogens (tertiary/aromatic N) is 3. The second-order valence-electron chi connectivity index (χ2n) is 6.92. The van der Waals surface area contributed by atoms with E-state index in [0.29, 0.717) is 22.1 Å². The normalized spacial score (nSPS) is 10.9. The molecule has 152 valence electrons. The zero-order chi connectivity index (χ0) is 21.3. The monoisotopic (exact) mass is 420 g/mol. The highest BCUT2D eigenvalue weighted by Crippen LogP contribution is 2.33. The van der Waals surface area contributed by atoms with Crippen LogP contribution < -0.4 is 5.32 Å². The third kappa shape index (κ3) is 3.81. The van der Waals surface area contributed by atoms with Crippen molar-refractivity contribution in [3.63, 3.8) is 0 Å². The first kappa shape index (κ1) is 19.8. The van der Waals surface area contributed by atoms with Crippen molar-refractivity contribution in [3.8, 4) is 11.6 Å². The molecule has 0 spiro atoms. The molecule has 0 saturated heterocycles. The zero-order valence-corrected chi connectivity index (χ0v) is 17.6. The van der Waals surface area contributed by atoms with Gasteiger partial charge in [0.2, 0.25) is 5.91 Å². The number of aryl methyl sites for hydroxylation is 2. The molecule has 4 rings (SSSR count). The minimum atomic E-state index is -0.258. The quantitative estimate of drug-likeness (QED) is 0.521. The van der Waals surface area contributed by atoms with E-state index in [1.165, 1.54) is 16.2 Å². The first-order valence-electron chi connectivity index (χ1n) is 9.36. The molecule has 2 amide bonds. The molecule has 0 atom stereocenters. The van der Waals surface area contributed by atoms with E-state index in [1.807, 2.05) is 32.0 Å². The van der Waals surface area contributed by atoms with Crippen LogP contribution in [0.4, 0.5) is 5.69 Å². The largest absolute Gasteiger partial charge is 0.461 e. The minimum absolute atomic E-state index is 0.0519. The predicted octanol–water partition coefficient (Wildman–Crippen LogP) is 4.28. The van der Waals surface area contributed by atoms with Crippen molar-refractivity contribution in [2.75, 3.05) is 18.9 Å². The van der Waals surface area contributed by atoms with Gasteiger partial charge in [-0.25, -0.2) is 9.97 Å². The maximum atomic E-state index is 13.0. The average molecular weight is 420 g/mol. The summed E-state index contributed by atoms with van der Waals surface area (Å²) in [4.78, 5) is 37.1. The summed E-state index contributed by atoms with van der Waals surface area (Å²) in [5.74, 6) is 0.582. The van der Waals surface area contributed by atoms with Crippen LogP contribution in [-0.4, -0.2) is 40.3 Å². The van der Waals surface area contributed by atoms with Crippen LogP contribution >= 0.6 is 11.3 Å². The Morgan fingerprint density at radius 1 is 1.10 bits per heavy atom. The van der Waals surface area contributed by atoms with Crippen LogP contribution in [0.15, 0.2) is 53.1 Å². The van der Waals surface area contributed by atoms with E-state index in [-0.39, 0.29) is 18.4 Å². The first-order valence-corrected chi connectivity index (χ1v) is 10.2. The Morgan fingerprint density at radius 2 is 1.87 bits per heavy atom. The molecule has 0 aliphatic carbocycles. The topological polar surface area (TPSA) is 88.3 Å². The smallest absolute Gasteiger partial charge is 0.264 e. The van der Waals surface area contributed by atoms with E-state index in [9.17, 15) is 9.59 Å². The molecule has 0 bridgehead atoms. The number of benzene rings is 1. The third-order valence-corrected chi connectivity index (χ3v) is 5.87. The Bertz CT molecular complexity index is 1220. The van der Waals surface area contributed by atoms with E-state index < -0.39 is 0 Å². The number of carbonyl (C=O) groups excluding carboxylic acids is 2. The molecule has 1 N–H and O–H groups in total. The zero-order valence-electron chi connectivity index (χ0n) is 16.8. The van der Waals surface area contributed by atoms with E-state index in [4.69, 9.17) is 4.42 Å². The van der Waals surface area contributed by atoms with Gasteiger partial charge in [0.25, 0.3) is 5.91 Å². The molecule has 4 aromatic rings. The summed E-state index contributed by atoms with van der Waals surface area (Å²) in [5, 5.41) is 3.65. The number of hydrogen-bond acceptors (Lipinski definition) is 6. The van der Waals surface area contributed by atoms with Gasteiger partial charge in [-0.2, -0.15) is 0 Å². The molecule has 0 radical (unpaired) electrons. The van der Waals surface area contributed by atoms with Crippen molar-refractivity contribution in [3.05, 3.63) is 64.9 Å². The van der Waals surface area contributed by atoms with Crippen LogP contribution in [0.25, 0.3) is 21.8 Å². The molecule has 30 heavy (non-hydrogen) atoms. The van der Waals surface area contributed by atoms with Crippen molar-refractivity contribution in [2.24, 2.45) is 0 Å². The number of aromatic nitrogens is 2. The second kappa shape index (κ2) is 8.08. The van der Waals surface area contributed by atoms with E-state index in [0.717, 1.165) is 21.5 Å². The van der Waals surface area contributed by atoms with Crippen LogP contribution in [0.1, 0.15) is 20.9 Å². The third-order valence-electron chi connectivity index (χ3n) is 4.69. The van der Waals surface area contributed by atoms with E-state index in [2.05, 4.69) is 15.3 Å². The number of furan rings is 1. The maximum absolute atomic E-state index is 13.0. The van der Waals surface area contributed by atoms with E-state index >= 15 is 0 Å². The van der Waals surface area contributed by atoms with Crippen molar-refractivity contribution in [1.29, 1.82) is 0 Å². The summed E-state index contributed by atoms with van der Waals surface area (Å²) >= 11 is 1.30. The Labute approximate surface area is 177 Å². The number of likely N-dealkylation sites (N-methyl/N-ethyl adjacent to an activating group) is 1. The molecular formula is C22H20N4O3S. The fraction of sp³-hybridized carbons (Fsp3) is 0.182. The van der Waals surface area contributed by atoms with Gasteiger partial charge in [-0.3, -0.25) is 9.59 Å². The van der Waals surface area contributed by atoms with Gasteiger partial charge >= 0.3 is 0 Å². The van der Waals surface area contributed by atoms with Gasteiger partial charge in [-0.15, -0.1) is 11.3 Å². The highest BCUT2D eigenvalue weighted by molar-refractivity contribution is 7.20. The highest BCUT2D eigenvalue weighted by atomic mass is 32.1. The highest BCUT2D eigenvalue weighted by Gasteiger charge is 2.23. The summed E-state index contributed by atoms with van der Waals surface area (Å²) in [5.41, 5.74) is 2.29. The molecular weight excluding hydrogens is 400 g/mol. The Balaban J connectivity index is 1.57. The van der Waals surface area contributed by atoms with Gasteiger partial charge in [0, 0.05) is 18.1 Å². The number of rotatable bonds is 5. The number of amides is 2. The molecule has 8 heteroatoms. The number of carbonyl (C=O) groups is 2. The molecule has 0 unspecified atom stereocenters. The summed E-state index contributed by atoms with van der Waals surface area (Å²) < 4.78 is 5.40. The summed E-state index contributed by atoms with van der Waals surface area (Å²) in [6.45, 7) is 3.72. The maximum Gasteiger partial charge on any atom is 0.264 e. The van der Waals surface area contributed by atoms with Gasteiger partial charge in [-0.1, -0.05) is 18.2 Å². The Kier molecular flexibility index (Phi) is 5.33. The van der Waals surface area contributed by atoms with Gasteiger partial charge in [0.1, 0.15) is 4.83 Å². The molecule has 0 saturated carbocycles. The fourth-order valence-electron chi connectivity index (χ4n) is 3.24. The molecule has 3 heterocycles. The molecule has 0 aliphatic heterocycles. The number of hydrogen-bond donors (Lipinski definition) is 1. The van der Waals surface area contributed by atoms with Crippen molar-refractivity contribution in [2.45, 2.75) is 13.8 Å². The predicted molar refractivity (Wildman–Crippen MR) is 117 cm³/mol. The van der Waals surface area contributed by atoms with Crippen molar-refractivity contribution >= 4 is 39.1 Å². The number of fused-ring (bicyclic) bond motifs is 1. The molecule has 3 aromatic heterocycles. The van der Waals surface area contributed by atoms with Gasteiger partial charge in [-0.05, 0) is 43.7 Å². The van der Waals surface area contributed by atoms with Crippen molar-refractivity contribution in [1.82, 2.24) is 14.9 Å². The molecule has 0 aliphatic rings. The van der Waals surface area contributed by atoms with Gasteiger partial charge in [0.15, 0.2) is 11.6 Å². The van der Waals surface area contributed by atoms with Crippen molar-refractivity contribution < 1.29 is 14.0 Å². The minimum Gasteiger partial charge on any atom is -0.461 e. The number of thiophene rings is 1. The first-order chi connectivity index (χ1) is 14.4. The lowest BCUT2D eigenvalue weighted by Crippen LogP contribution is -2.34. The summed E-state index contributed by atoms with van der Waals surface area (Å²) in [6, 6.07) is 12.7. The fourth-order valence-corrected chi connectivity index (χ4v) is 4.47. The summed E-state index contributed by atoms with van der Waals surface area (Å²) in [7, 11) is 1.61. The molecule has 1 aromatic carbocycles. The van der Waals surface area contributed by atoms with Crippen LogP contribution in [-0.2, 0) is 4.79 Å². The number of para-hydroxylation sites is 1. The number of anilines is 1. The van der Waals surface area contributed by atoms with Gasteiger partial charge < -0.3 is 14.6 Å². The van der Waals surface area contributed by atoms with Crippen LogP contribution in [0.3, 0.4) is 0 Å². The molecule has 0 fully saturated rings. The number of nitrogens with one attached hydrogen (secondary N) is 1. The Hall–Kier alpha value is -3.52. The lowest BCUT2D eigenvalue weighted by atomic mass is 10.1. The van der Waals surface area contributed by atoms with Crippen LogP contribution in [0, 0.1) is 13.8 Å². The van der Waals surface area contributed by atoms with E-state index in [1.54, 1.807) is 37.6 Å². The lowest BCUT2D eigenvalue weighted by Gasteiger charge is -2.16. The second-order valence-corrected chi connectivity index (χ2v) is 7.92. The van der Waals surface area contributed by atoms with Crippen LogP contribution in [0.2, 0.25) is 0 Å².